The van der Waals surface area contributed by atoms with Crippen molar-refractivity contribution in [2.45, 2.75) is 27.2 Å². The third kappa shape index (κ3) is 3.38. The minimum atomic E-state index is 0.425. The number of benzene rings is 1. The summed E-state index contributed by atoms with van der Waals surface area (Å²) >= 11 is 0. The van der Waals surface area contributed by atoms with Crippen LogP contribution in [0, 0.1) is 13.8 Å². The SMILES string of the molecule is CCCOc1ncnc(Nc2cc(C)cc(C)c2)c1N. The number of hydrogen-bond donors (Lipinski definition) is 2. The lowest BCUT2D eigenvalue weighted by Gasteiger charge is -2.12. The second-order valence-electron chi connectivity index (χ2n) is 4.79. The molecule has 5 nitrogen and oxygen atoms in total. The number of anilines is 3. The first-order chi connectivity index (χ1) is 9.60. The molecule has 2 aromatic rings. The van der Waals surface area contributed by atoms with Crippen molar-refractivity contribution in [1.82, 2.24) is 9.97 Å². The molecule has 0 aliphatic rings. The zero-order valence-electron chi connectivity index (χ0n) is 12.1. The minimum Gasteiger partial charge on any atom is -0.476 e. The van der Waals surface area contributed by atoms with Gasteiger partial charge in [-0.2, -0.15) is 4.98 Å². The Morgan fingerprint density at radius 1 is 1.15 bits per heavy atom. The zero-order chi connectivity index (χ0) is 14.5. The molecular weight excluding hydrogens is 252 g/mol. The number of hydrogen-bond acceptors (Lipinski definition) is 5. The van der Waals surface area contributed by atoms with E-state index in [2.05, 4.69) is 35.2 Å². The summed E-state index contributed by atoms with van der Waals surface area (Å²) in [7, 11) is 0. The van der Waals surface area contributed by atoms with Gasteiger partial charge in [0.15, 0.2) is 5.82 Å². The molecule has 0 unspecified atom stereocenters. The van der Waals surface area contributed by atoms with E-state index in [9.17, 15) is 0 Å². The van der Waals surface area contributed by atoms with E-state index in [0.29, 0.717) is 24.0 Å². The molecular formula is C15H20N4O. The summed E-state index contributed by atoms with van der Waals surface area (Å²) in [4.78, 5) is 8.23. The normalized spacial score (nSPS) is 10.3. The minimum absolute atomic E-state index is 0.425. The van der Waals surface area contributed by atoms with Crippen LogP contribution in [0.3, 0.4) is 0 Å². The average Bonchev–Trinajstić information content (AvgIpc) is 2.38. The fourth-order valence-corrected chi connectivity index (χ4v) is 1.98. The van der Waals surface area contributed by atoms with E-state index in [0.717, 1.165) is 12.1 Å². The Bertz CT molecular complexity index is 578. The van der Waals surface area contributed by atoms with Crippen molar-refractivity contribution in [2.75, 3.05) is 17.7 Å². The molecule has 0 spiro atoms. The molecule has 20 heavy (non-hydrogen) atoms. The van der Waals surface area contributed by atoms with Crippen LogP contribution in [0.15, 0.2) is 24.5 Å². The maximum absolute atomic E-state index is 6.04. The van der Waals surface area contributed by atoms with Crippen molar-refractivity contribution in [3.63, 3.8) is 0 Å². The number of aromatic nitrogens is 2. The van der Waals surface area contributed by atoms with Gasteiger partial charge in [0.2, 0.25) is 5.88 Å². The van der Waals surface area contributed by atoms with Crippen molar-refractivity contribution in [3.05, 3.63) is 35.7 Å². The summed E-state index contributed by atoms with van der Waals surface area (Å²) in [5, 5.41) is 3.21. The molecule has 0 saturated heterocycles. The van der Waals surface area contributed by atoms with Gasteiger partial charge in [0.05, 0.1) is 6.61 Å². The fourth-order valence-electron chi connectivity index (χ4n) is 1.98. The highest BCUT2D eigenvalue weighted by Crippen LogP contribution is 2.28. The molecule has 1 heterocycles. The summed E-state index contributed by atoms with van der Waals surface area (Å²) in [6, 6.07) is 6.20. The molecule has 0 aliphatic heterocycles. The molecule has 5 heteroatoms. The van der Waals surface area contributed by atoms with E-state index in [-0.39, 0.29) is 0 Å². The first-order valence-corrected chi connectivity index (χ1v) is 6.68. The molecule has 1 aromatic carbocycles. The van der Waals surface area contributed by atoms with Crippen LogP contribution in [0.1, 0.15) is 24.5 Å². The lowest BCUT2D eigenvalue weighted by molar-refractivity contribution is 0.307. The van der Waals surface area contributed by atoms with Crippen LogP contribution in [0.5, 0.6) is 5.88 Å². The highest BCUT2D eigenvalue weighted by Gasteiger charge is 2.09. The van der Waals surface area contributed by atoms with Crippen molar-refractivity contribution in [3.8, 4) is 5.88 Å². The van der Waals surface area contributed by atoms with E-state index < -0.39 is 0 Å². The number of aryl methyl sites for hydroxylation is 2. The Labute approximate surface area is 119 Å². The van der Waals surface area contributed by atoms with Gasteiger partial charge in [-0.25, -0.2) is 4.98 Å². The summed E-state index contributed by atoms with van der Waals surface area (Å²) in [6.45, 7) is 6.73. The van der Waals surface area contributed by atoms with Crippen LogP contribution in [-0.2, 0) is 0 Å². The van der Waals surface area contributed by atoms with Gasteiger partial charge in [-0.1, -0.05) is 13.0 Å². The Kier molecular flexibility index (Phi) is 4.40. The highest BCUT2D eigenvalue weighted by atomic mass is 16.5. The van der Waals surface area contributed by atoms with Crippen LogP contribution in [0.4, 0.5) is 17.2 Å². The first kappa shape index (κ1) is 14.1. The largest absolute Gasteiger partial charge is 0.476 e. The Morgan fingerprint density at radius 3 is 2.50 bits per heavy atom. The van der Waals surface area contributed by atoms with Crippen molar-refractivity contribution in [2.24, 2.45) is 0 Å². The van der Waals surface area contributed by atoms with Gasteiger partial charge >= 0.3 is 0 Å². The molecule has 2 rings (SSSR count). The lowest BCUT2D eigenvalue weighted by atomic mass is 10.1. The number of ether oxygens (including phenoxy) is 1. The van der Waals surface area contributed by atoms with Crippen molar-refractivity contribution in [1.29, 1.82) is 0 Å². The van der Waals surface area contributed by atoms with Crippen LogP contribution >= 0.6 is 0 Å². The summed E-state index contributed by atoms with van der Waals surface area (Å²) < 4.78 is 5.50. The molecule has 0 amide bonds. The Balaban J connectivity index is 2.24. The maximum Gasteiger partial charge on any atom is 0.242 e. The molecule has 0 atom stereocenters. The van der Waals surface area contributed by atoms with Crippen LogP contribution in [0.25, 0.3) is 0 Å². The molecule has 1 aromatic heterocycles. The van der Waals surface area contributed by atoms with Gasteiger partial charge in [-0.3, -0.25) is 0 Å². The quantitative estimate of drug-likeness (QED) is 0.874. The zero-order valence-corrected chi connectivity index (χ0v) is 12.1. The number of rotatable bonds is 5. The maximum atomic E-state index is 6.04. The van der Waals surface area contributed by atoms with Crippen molar-refractivity contribution < 1.29 is 4.74 Å². The van der Waals surface area contributed by atoms with Crippen LogP contribution in [0.2, 0.25) is 0 Å². The number of nitrogens with zero attached hydrogens (tertiary/aromatic N) is 2. The lowest BCUT2D eigenvalue weighted by Crippen LogP contribution is -2.06. The monoisotopic (exact) mass is 272 g/mol. The van der Waals surface area contributed by atoms with E-state index in [4.69, 9.17) is 10.5 Å². The Morgan fingerprint density at radius 2 is 1.85 bits per heavy atom. The molecule has 0 fully saturated rings. The van der Waals surface area contributed by atoms with Crippen molar-refractivity contribution >= 4 is 17.2 Å². The predicted molar refractivity (Wildman–Crippen MR) is 81.4 cm³/mol. The second kappa shape index (κ2) is 6.23. The third-order valence-electron chi connectivity index (χ3n) is 2.77. The summed E-state index contributed by atoms with van der Waals surface area (Å²) in [6.07, 6.45) is 2.36. The van der Waals surface area contributed by atoms with Gasteiger partial charge in [0.1, 0.15) is 12.0 Å². The number of nitrogens with two attached hydrogens (primary N) is 1. The fraction of sp³-hybridized carbons (Fsp3) is 0.333. The Hall–Kier alpha value is -2.30. The third-order valence-corrected chi connectivity index (χ3v) is 2.77. The van der Waals surface area contributed by atoms with E-state index >= 15 is 0 Å². The molecule has 0 bridgehead atoms. The standard InChI is InChI=1S/C15H20N4O/c1-4-5-20-15-13(16)14(17-9-18-15)19-12-7-10(2)6-11(3)8-12/h6-9H,4-5,16H2,1-3H3,(H,17,18,19). The molecule has 0 saturated carbocycles. The second-order valence-corrected chi connectivity index (χ2v) is 4.79. The molecule has 3 N–H and O–H groups in total. The van der Waals surface area contributed by atoms with Gasteiger partial charge in [0, 0.05) is 5.69 Å². The summed E-state index contributed by atoms with van der Waals surface area (Å²) in [5.41, 5.74) is 9.79. The van der Waals surface area contributed by atoms with E-state index in [1.54, 1.807) is 0 Å². The van der Waals surface area contributed by atoms with Crippen LogP contribution in [-0.4, -0.2) is 16.6 Å². The molecule has 0 radical (unpaired) electrons. The smallest absolute Gasteiger partial charge is 0.242 e. The van der Waals surface area contributed by atoms with Gasteiger partial charge in [-0.05, 0) is 43.5 Å². The molecule has 0 aliphatic carbocycles. The van der Waals surface area contributed by atoms with Gasteiger partial charge < -0.3 is 15.8 Å². The highest BCUT2D eigenvalue weighted by molar-refractivity contribution is 5.72. The first-order valence-electron chi connectivity index (χ1n) is 6.68. The summed E-state index contributed by atoms with van der Waals surface area (Å²) in [5.74, 6) is 0.991. The van der Waals surface area contributed by atoms with E-state index in [1.807, 2.05) is 19.1 Å². The number of nitrogens with one attached hydrogen (secondary N) is 1. The van der Waals surface area contributed by atoms with E-state index in [1.165, 1.54) is 17.5 Å². The topological polar surface area (TPSA) is 73.1 Å². The predicted octanol–water partition coefficient (Wildman–Crippen LogP) is 3.21. The average molecular weight is 272 g/mol. The molecule has 106 valence electrons. The van der Waals surface area contributed by atoms with Gasteiger partial charge in [0.25, 0.3) is 0 Å². The van der Waals surface area contributed by atoms with Crippen LogP contribution < -0.4 is 15.8 Å². The van der Waals surface area contributed by atoms with Gasteiger partial charge in [-0.15, -0.1) is 0 Å². The number of nitrogen functional groups attached to an aromatic ring is 1.